The fourth-order valence-corrected chi connectivity index (χ4v) is 1.58. The number of halogens is 4. The van der Waals surface area contributed by atoms with E-state index in [0.29, 0.717) is 18.8 Å². The third-order valence-electron chi connectivity index (χ3n) is 1.79. The number of hydrogen-bond acceptors (Lipinski definition) is 3. The summed E-state index contributed by atoms with van der Waals surface area (Å²) in [5.41, 5.74) is 0.684. The van der Waals surface area contributed by atoms with Crippen molar-refractivity contribution in [3.8, 4) is 5.75 Å². The van der Waals surface area contributed by atoms with Crippen molar-refractivity contribution in [3.63, 3.8) is 0 Å². The number of rotatable bonds is 5. The second kappa shape index (κ2) is 6.11. The van der Waals surface area contributed by atoms with Gasteiger partial charge in [-0.1, -0.05) is 0 Å². The summed E-state index contributed by atoms with van der Waals surface area (Å²) in [5.74, 6) is -0.269. The predicted molar refractivity (Wildman–Crippen MR) is 61.2 cm³/mol. The maximum atomic E-state index is 12.0. The summed E-state index contributed by atoms with van der Waals surface area (Å²) in [6, 6.07) is 4.25. The van der Waals surface area contributed by atoms with Gasteiger partial charge in [-0.3, -0.25) is 0 Å². The van der Waals surface area contributed by atoms with Gasteiger partial charge >= 0.3 is 6.36 Å². The smallest absolute Gasteiger partial charge is 0.405 e. The Hall–Kier alpha value is -0.950. The Bertz CT molecular complexity index is 371. The first kappa shape index (κ1) is 14.1. The molecule has 1 aromatic rings. The van der Waals surface area contributed by atoms with Crippen molar-refractivity contribution in [2.75, 3.05) is 25.6 Å². The van der Waals surface area contributed by atoms with Gasteiger partial charge in [-0.25, -0.2) is 0 Å². The molecular weight excluding hydrogens is 303 g/mol. The van der Waals surface area contributed by atoms with Crippen LogP contribution in [0.2, 0.25) is 0 Å². The number of methoxy groups -OCH3 is 1. The molecule has 3 nitrogen and oxygen atoms in total. The molecule has 0 bridgehead atoms. The summed E-state index contributed by atoms with van der Waals surface area (Å²) >= 11 is 3.01. The minimum atomic E-state index is -4.69. The third kappa shape index (κ3) is 5.27. The molecule has 0 aromatic heterocycles. The van der Waals surface area contributed by atoms with Crippen LogP contribution in [-0.4, -0.2) is 26.6 Å². The van der Waals surface area contributed by atoms with Crippen molar-refractivity contribution in [3.05, 3.63) is 22.7 Å². The molecule has 0 atom stereocenters. The predicted octanol–water partition coefficient (Wildman–Crippen LogP) is 3.41. The zero-order chi connectivity index (χ0) is 12.9. The SMILES string of the molecule is COCCNc1ccc(OC(F)(F)F)c(Br)c1. The molecule has 1 N–H and O–H groups in total. The molecule has 1 rings (SSSR count). The lowest BCUT2D eigenvalue weighted by Crippen LogP contribution is -2.17. The van der Waals surface area contributed by atoms with Gasteiger partial charge in [-0.2, -0.15) is 0 Å². The molecule has 1 aromatic carbocycles. The normalized spacial score (nSPS) is 11.4. The summed E-state index contributed by atoms with van der Waals surface area (Å²) < 4.78 is 44.9. The van der Waals surface area contributed by atoms with Crippen LogP contribution in [0.1, 0.15) is 0 Å². The average molecular weight is 314 g/mol. The first-order chi connectivity index (χ1) is 7.92. The molecule has 0 amide bonds. The van der Waals surface area contributed by atoms with Crippen LogP contribution in [-0.2, 0) is 4.74 Å². The van der Waals surface area contributed by atoms with Gasteiger partial charge in [0.2, 0.25) is 0 Å². The van der Waals surface area contributed by atoms with Crippen molar-refractivity contribution < 1.29 is 22.6 Å². The van der Waals surface area contributed by atoms with E-state index < -0.39 is 6.36 Å². The zero-order valence-electron chi connectivity index (χ0n) is 8.97. The summed E-state index contributed by atoms with van der Waals surface area (Å²) in [7, 11) is 1.57. The van der Waals surface area contributed by atoms with E-state index in [0.717, 1.165) is 0 Å². The van der Waals surface area contributed by atoms with Crippen LogP contribution >= 0.6 is 15.9 Å². The molecule has 0 unspecified atom stereocenters. The Morgan fingerprint density at radius 1 is 1.35 bits per heavy atom. The van der Waals surface area contributed by atoms with Gasteiger partial charge in [0.15, 0.2) is 0 Å². The lowest BCUT2D eigenvalue weighted by molar-refractivity contribution is -0.274. The highest BCUT2D eigenvalue weighted by atomic mass is 79.9. The molecule has 0 aliphatic heterocycles. The fourth-order valence-electron chi connectivity index (χ4n) is 1.12. The Labute approximate surface area is 105 Å². The minimum Gasteiger partial charge on any atom is -0.405 e. The van der Waals surface area contributed by atoms with E-state index in [4.69, 9.17) is 4.74 Å². The molecule has 96 valence electrons. The molecule has 0 spiro atoms. The number of anilines is 1. The van der Waals surface area contributed by atoms with Gasteiger partial charge in [0, 0.05) is 19.3 Å². The van der Waals surface area contributed by atoms with Crippen molar-refractivity contribution in [1.82, 2.24) is 0 Å². The highest BCUT2D eigenvalue weighted by molar-refractivity contribution is 9.10. The molecule has 17 heavy (non-hydrogen) atoms. The topological polar surface area (TPSA) is 30.5 Å². The van der Waals surface area contributed by atoms with E-state index in [1.165, 1.54) is 18.2 Å². The van der Waals surface area contributed by atoms with Crippen LogP contribution in [0.3, 0.4) is 0 Å². The van der Waals surface area contributed by atoms with E-state index in [1.807, 2.05) is 0 Å². The summed E-state index contributed by atoms with van der Waals surface area (Å²) in [4.78, 5) is 0. The quantitative estimate of drug-likeness (QED) is 0.845. The third-order valence-corrected chi connectivity index (χ3v) is 2.41. The number of nitrogens with one attached hydrogen (secondary N) is 1. The van der Waals surface area contributed by atoms with Crippen LogP contribution in [0.15, 0.2) is 22.7 Å². The molecule has 0 radical (unpaired) electrons. The van der Waals surface area contributed by atoms with E-state index in [2.05, 4.69) is 26.0 Å². The highest BCUT2D eigenvalue weighted by Crippen LogP contribution is 2.32. The van der Waals surface area contributed by atoms with Gasteiger partial charge in [-0.15, -0.1) is 13.2 Å². The molecule has 0 fully saturated rings. The summed E-state index contributed by atoms with van der Waals surface area (Å²) in [5, 5.41) is 2.98. The first-order valence-corrected chi connectivity index (χ1v) is 5.50. The highest BCUT2D eigenvalue weighted by Gasteiger charge is 2.31. The minimum absolute atomic E-state index is 0.234. The van der Waals surface area contributed by atoms with Crippen molar-refractivity contribution in [2.45, 2.75) is 6.36 Å². The van der Waals surface area contributed by atoms with Crippen LogP contribution in [0.25, 0.3) is 0 Å². The van der Waals surface area contributed by atoms with Crippen molar-refractivity contribution >= 4 is 21.6 Å². The van der Waals surface area contributed by atoms with E-state index in [-0.39, 0.29) is 10.2 Å². The van der Waals surface area contributed by atoms with Gasteiger partial charge in [-0.05, 0) is 34.1 Å². The Morgan fingerprint density at radius 3 is 2.59 bits per heavy atom. The second-order valence-electron chi connectivity index (χ2n) is 3.11. The Morgan fingerprint density at radius 2 is 2.06 bits per heavy atom. The van der Waals surface area contributed by atoms with Crippen LogP contribution in [0.5, 0.6) is 5.75 Å². The van der Waals surface area contributed by atoms with Crippen molar-refractivity contribution in [1.29, 1.82) is 0 Å². The monoisotopic (exact) mass is 313 g/mol. The van der Waals surface area contributed by atoms with Crippen LogP contribution in [0, 0.1) is 0 Å². The molecule has 0 heterocycles. The molecule has 0 aliphatic rings. The van der Waals surface area contributed by atoms with Gasteiger partial charge < -0.3 is 14.8 Å². The molecule has 7 heteroatoms. The number of benzene rings is 1. The number of alkyl halides is 3. The van der Waals surface area contributed by atoms with Gasteiger partial charge in [0.25, 0.3) is 0 Å². The standard InChI is InChI=1S/C10H11BrF3NO2/c1-16-5-4-15-7-2-3-9(8(11)6-7)17-10(12,13)14/h2-3,6,15H,4-5H2,1H3. The number of hydrogen-bond donors (Lipinski definition) is 1. The molecule has 0 aliphatic carbocycles. The second-order valence-corrected chi connectivity index (χ2v) is 3.97. The van der Waals surface area contributed by atoms with Crippen LogP contribution in [0.4, 0.5) is 18.9 Å². The van der Waals surface area contributed by atoms with E-state index >= 15 is 0 Å². The summed E-state index contributed by atoms with van der Waals surface area (Å²) in [6.45, 7) is 1.08. The molecular formula is C10H11BrF3NO2. The van der Waals surface area contributed by atoms with Gasteiger partial charge in [0.1, 0.15) is 5.75 Å². The lowest BCUT2D eigenvalue weighted by Gasteiger charge is -2.12. The molecule has 0 saturated carbocycles. The Kier molecular flexibility index (Phi) is 5.07. The summed E-state index contributed by atoms with van der Waals surface area (Å²) in [6.07, 6.45) is -4.69. The lowest BCUT2D eigenvalue weighted by atomic mass is 10.3. The van der Waals surface area contributed by atoms with Crippen LogP contribution < -0.4 is 10.1 Å². The van der Waals surface area contributed by atoms with E-state index in [9.17, 15) is 13.2 Å². The van der Waals surface area contributed by atoms with Gasteiger partial charge in [0.05, 0.1) is 11.1 Å². The number of ether oxygens (including phenoxy) is 2. The van der Waals surface area contributed by atoms with Crippen molar-refractivity contribution in [2.24, 2.45) is 0 Å². The van der Waals surface area contributed by atoms with E-state index in [1.54, 1.807) is 7.11 Å². The maximum Gasteiger partial charge on any atom is 0.573 e. The average Bonchev–Trinajstić information content (AvgIpc) is 2.21. The zero-order valence-corrected chi connectivity index (χ0v) is 10.6. The maximum absolute atomic E-state index is 12.0. The fraction of sp³-hybridized carbons (Fsp3) is 0.400. The largest absolute Gasteiger partial charge is 0.573 e. The molecule has 0 saturated heterocycles. The first-order valence-electron chi connectivity index (χ1n) is 4.70. The Balaban J connectivity index is 2.66.